The molecule has 8 heteroatoms. The first kappa shape index (κ1) is 30.3. The quantitative estimate of drug-likeness (QED) is 0.130. The van der Waals surface area contributed by atoms with E-state index in [4.69, 9.17) is 11.5 Å². The third-order valence-electron chi connectivity index (χ3n) is 5.95. The molecule has 0 aliphatic rings. The largest absolute Gasteiger partial charge is 0.399 e. The first-order valence-electron chi connectivity index (χ1n) is 13.8. The Morgan fingerprint density at radius 1 is 0.432 bits per heavy atom. The first-order valence-corrected chi connectivity index (χ1v) is 15.4. The SMILES string of the molecule is Nc1ccc(Sc2ccnc(C=Cc3ccccc3)n2)cc1.Nc1ccc(Sc2ccnc(C=Cc3ccccc3)n2)cc1. The minimum atomic E-state index is 0.698. The Hall–Kier alpha value is -5.18. The van der Waals surface area contributed by atoms with Crippen LogP contribution in [0.15, 0.2) is 154 Å². The van der Waals surface area contributed by atoms with Gasteiger partial charge in [0, 0.05) is 33.6 Å². The lowest BCUT2D eigenvalue weighted by atomic mass is 10.2. The molecule has 44 heavy (non-hydrogen) atoms. The molecule has 0 aliphatic heterocycles. The molecule has 0 saturated carbocycles. The van der Waals surface area contributed by atoms with E-state index < -0.39 is 0 Å². The van der Waals surface area contributed by atoms with Crippen LogP contribution in [0.1, 0.15) is 22.8 Å². The summed E-state index contributed by atoms with van der Waals surface area (Å²) in [5, 5.41) is 1.82. The van der Waals surface area contributed by atoms with Crippen LogP contribution in [0.25, 0.3) is 24.3 Å². The van der Waals surface area contributed by atoms with E-state index in [1.54, 1.807) is 35.9 Å². The van der Waals surface area contributed by atoms with Crippen LogP contribution >= 0.6 is 23.5 Å². The Balaban J connectivity index is 0.000000175. The van der Waals surface area contributed by atoms with Gasteiger partial charge in [0.25, 0.3) is 0 Å². The van der Waals surface area contributed by atoms with Gasteiger partial charge < -0.3 is 11.5 Å². The van der Waals surface area contributed by atoms with Gasteiger partial charge in [-0.2, -0.15) is 0 Å². The molecule has 2 heterocycles. The molecule has 216 valence electrons. The zero-order chi connectivity index (χ0) is 30.4. The van der Waals surface area contributed by atoms with E-state index in [0.29, 0.717) is 11.6 Å². The summed E-state index contributed by atoms with van der Waals surface area (Å²) in [5.74, 6) is 1.40. The van der Waals surface area contributed by atoms with Crippen molar-refractivity contribution in [1.29, 1.82) is 0 Å². The molecule has 0 fully saturated rings. The molecule has 0 bridgehead atoms. The standard InChI is InChI=1S/2C18H15N3S/c2*19-15-7-9-16(10-8-15)22-18-12-13-20-17(21-18)11-6-14-4-2-1-3-5-14/h2*1-13H,19H2. The fourth-order valence-electron chi connectivity index (χ4n) is 3.77. The van der Waals surface area contributed by atoms with Gasteiger partial charge in [-0.05, 0) is 83.9 Å². The van der Waals surface area contributed by atoms with Crippen molar-refractivity contribution >= 4 is 59.2 Å². The third kappa shape index (κ3) is 9.97. The Morgan fingerprint density at radius 2 is 0.818 bits per heavy atom. The third-order valence-corrected chi connectivity index (χ3v) is 7.84. The van der Waals surface area contributed by atoms with E-state index in [1.807, 2.05) is 146 Å². The number of nitrogen functional groups attached to an aromatic ring is 2. The Bertz CT molecular complexity index is 1670. The number of aromatic nitrogens is 4. The number of hydrogen-bond acceptors (Lipinski definition) is 8. The molecule has 0 unspecified atom stereocenters. The Labute approximate surface area is 266 Å². The van der Waals surface area contributed by atoms with E-state index in [1.165, 1.54) is 0 Å². The van der Waals surface area contributed by atoms with Gasteiger partial charge in [0.05, 0.1) is 0 Å². The zero-order valence-electron chi connectivity index (χ0n) is 23.8. The maximum Gasteiger partial charge on any atom is 0.153 e. The Morgan fingerprint density at radius 3 is 1.20 bits per heavy atom. The monoisotopic (exact) mass is 610 g/mol. The predicted molar refractivity (Wildman–Crippen MR) is 185 cm³/mol. The van der Waals surface area contributed by atoms with Crippen molar-refractivity contribution in [1.82, 2.24) is 19.9 Å². The lowest BCUT2D eigenvalue weighted by Gasteiger charge is -2.02. The summed E-state index contributed by atoms with van der Waals surface area (Å²) < 4.78 is 0. The van der Waals surface area contributed by atoms with Crippen molar-refractivity contribution in [3.8, 4) is 0 Å². The van der Waals surface area contributed by atoms with Gasteiger partial charge in [-0.3, -0.25) is 0 Å². The summed E-state index contributed by atoms with van der Waals surface area (Å²) in [7, 11) is 0. The highest BCUT2D eigenvalue weighted by Crippen LogP contribution is 2.27. The molecule has 0 spiro atoms. The van der Waals surface area contributed by atoms with E-state index in [-0.39, 0.29) is 0 Å². The summed E-state index contributed by atoms with van der Waals surface area (Å²) in [5.41, 5.74) is 15.2. The number of hydrogen-bond donors (Lipinski definition) is 2. The summed E-state index contributed by atoms with van der Waals surface area (Å²) in [6.07, 6.45) is 11.4. The number of nitrogens with zero attached hydrogens (tertiary/aromatic N) is 4. The highest BCUT2D eigenvalue weighted by molar-refractivity contribution is 7.99. The van der Waals surface area contributed by atoms with Crippen LogP contribution in [-0.2, 0) is 0 Å². The lowest BCUT2D eigenvalue weighted by molar-refractivity contribution is 1.02. The summed E-state index contributed by atoms with van der Waals surface area (Å²) in [4.78, 5) is 19.8. The zero-order valence-corrected chi connectivity index (χ0v) is 25.4. The molecule has 0 saturated heterocycles. The van der Waals surface area contributed by atoms with E-state index >= 15 is 0 Å². The molecule has 6 nitrogen and oxygen atoms in total. The molecule has 0 atom stereocenters. The maximum absolute atomic E-state index is 5.69. The van der Waals surface area contributed by atoms with E-state index in [0.717, 1.165) is 42.3 Å². The molecular weight excluding hydrogens is 581 g/mol. The average Bonchev–Trinajstić information content (AvgIpc) is 3.07. The van der Waals surface area contributed by atoms with E-state index in [9.17, 15) is 0 Å². The van der Waals surface area contributed by atoms with Gasteiger partial charge in [-0.1, -0.05) is 96.3 Å². The van der Waals surface area contributed by atoms with Crippen molar-refractivity contribution < 1.29 is 0 Å². The first-order chi connectivity index (χ1) is 21.6. The molecule has 0 amide bonds. The van der Waals surface area contributed by atoms with E-state index in [2.05, 4.69) is 19.9 Å². The molecular formula is C36H30N6S2. The topological polar surface area (TPSA) is 104 Å². The van der Waals surface area contributed by atoms with Crippen LogP contribution in [0.2, 0.25) is 0 Å². The fourth-order valence-corrected chi connectivity index (χ4v) is 5.33. The number of anilines is 2. The van der Waals surface area contributed by atoms with Crippen LogP contribution in [-0.4, -0.2) is 19.9 Å². The second kappa shape index (κ2) is 15.9. The predicted octanol–water partition coefficient (Wildman–Crippen LogP) is 8.76. The Kier molecular flexibility index (Phi) is 10.9. The van der Waals surface area contributed by atoms with Gasteiger partial charge in [-0.15, -0.1) is 0 Å². The van der Waals surface area contributed by atoms with Gasteiger partial charge >= 0.3 is 0 Å². The van der Waals surface area contributed by atoms with Crippen molar-refractivity contribution in [3.63, 3.8) is 0 Å². The van der Waals surface area contributed by atoms with Crippen LogP contribution < -0.4 is 11.5 Å². The van der Waals surface area contributed by atoms with Crippen LogP contribution in [0, 0.1) is 0 Å². The second-order valence-corrected chi connectivity index (χ2v) is 11.5. The van der Waals surface area contributed by atoms with Gasteiger partial charge in [0.15, 0.2) is 11.6 Å². The highest BCUT2D eigenvalue weighted by Gasteiger charge is 2.02. The molecule has 6 rings (SSSR count). The molecule has 0 aliphatic carbocycles. The number of nitrogens with two attached hydrogens (primary N) is 2. The molecule has 0 radical (unpaired) electrons. The summed E-state index contributed by atoms with van der Waals surface area (Å²) in [6.45, 7) is 0. The van der Waals surface area contributed by atoms with Gasteiger partial charge in [-0.25, -0.2) is 19.9 Å². The van der Waals surface area contributed by atoms with Crippen molar-refractivity contribution in [3.05, 3.63) is 156 Å². The summed E-state index contributed by atoms with van der Waals surface area (Å²) in [6, 6.07) is 39.5. The van der Waals surface area contributed by atoms with Crippen molar-refractivity contribution in [2.75, 3.05) is 11.5 Å². The molecule has 4 N–H and O–H groups in total. The number of benzene rings is 4. The molecule has 4 aromatic carbocycles. The van der Waals surface area contributed by atoms with Crippen LogP contribution in [0.5, 0.6) is 0 Å². The van der Waals surface area contributed by atoms with Crippen molar-refractivity contribution in [2.45, 2.75) is 19.8 Å². The summed E-state index contributed by atoms with van der Waals surface area (Å²) >= 11 is 3.18. The minimum Gasteiger partial charge on any atom is -0.399 e. The normalized spacial score (nSPS) is 10.9. The molecule has 6 aromatic rings. The van der Waals surface area contributed by atoms with Crippen LogP contribution in [0.3, 0.4) is 0 Å². The van der Waals surface area contributed by atoms with Crippen molar-refractivity contribution in [2.24, 2.45) is 0 Å². The van der Waals surface area contributed by atoms with Gasteiger partial charge in [0.2, 0.25) is 0 Å². The molecule has 2 aromatic heterocycles. The average molecular weight is 611 g/mol. The fraction of sp³-hybridized carbons (Fsp3) is 0. The second-order valence-electron chi connectivity index (χ2n) is 9.34. The smallest absolute Gasteiger partial charge is 0.153 e. The van der Waals surface area contributed by atoms with Gasteiger partial charge in [0.1, 0.15) is 10.1 Å². The maximum atomic E-state index is 5.69. The minimum absolute atomic E-state index is 0.698. The number of rotatable bonds is 8. The lowest BCUT2D eigenvalue weighted by Crippen LogP contribution is -1.89. The highest BCUT2D eigenvalue weighted by atomic mass is 32.2. The van der Waals surface area contributed by atoms with Crippen LogP contribution in [0.4, 0.5) is 11.4 Å².